The fourth-order valence-corrected chi connectivity index (χ4v) is 4.04. The third-order valence-electron chi connectivity index (χ3n) is 4.35. The van der Waals surface area contributed by atoms with E-state index >= 15 is 0 Å². The number of ketones is 1. The van der Waals surface area contributed by atoms with Crippen LogP contribution in [0.4, 0.5) is 5.13 Å². The summed E-state index contributed by atoms with van der Waals surface area (Å²) in [5, 5.41) is 4.49. The summed E-state index contributed by atoms with van der Waals surface area (Å²) in [5.41, 5.74) is 1.77. The Morgan fingerprint density at radius 3 is 2.91 bits per heavy atom. The molecule has 2 aromatic rings. The molecule has 1 N–H and O–H groups in total. The van der Waals surface area contributed by atoms with E-state index in [4.69, 9.17) is 0 Å². The molecular formula is C18H23N3OS. The molecule has 1 aromatic heterocycles. The number of carbonyl (C=O) groups excluding carboxylic acids is 1. The fourth-order valence-electron chi connectivity index (χ4n) is 3.05. The molecule has 0 spiro atoms. The minimum Gasteiger partial charge on any atom is -0.333 e. The molecule has 0 amide bonds. The summed E-state index contributed by atoms with van der Waals surface area (Å²) in [6.45, 7) is 6.06. The molecule has 3 rings (SSSR count). The molecule has 0 radical (unpaired) electrons. The summed E-state index contributed by atoms with van der Waals surface area (Å²) in [5.74, 6) is 0.0690. The van der Waals surface area contributed by atoms with Crippen LogP contribution in [0.1, 0.15) is 47.0 Å². The van der Waals surface area contributed by atoms with Crippen molar-refractivity contribution in [2.24, 2.45) is 0 Å². The van der Waals surface area contributed by atoms with Crippen molar-refractivity contribution in [3.8, 4) is 0 Å². The normalized spacial score (nSPS) is 17.9. The lowest BCUT2D eigenvalue weighted by Crippen LogP contribution is -2.48. The summed E-state index contributed by atoms with van der Waals surface area (Å²) in [6.07, 6.45) is 5.67. The van der Waals surface area contributed by atoms with E-state index in [9.17, 15) is 4.79 Å². The first-order valence-electron chi connectivity index (χ1n) is 8.27. The van der Waals surface area contributed by atoms with Gasteiger partial charge in [0.25, 0.3) is 0 Å². The Kier molecular flexibility index (Phi) is 5.08. The van der Waals surface area contributed by atoms with Crippen LogP contribution in [0.5, 0.6) is 0 Å². The molecule has 122 valence electrons. The summed E-state index contributed by atoms with van der Waals surface area (Å²) >= 11 is 1.50. The van der Waals surface area contributed by atoms with Gasteiger partial charge in [-0.05, 0) is 45.2 Å². The zero-order valence-electron chi connectivity index (χ0n) is 13.7. The molecule has 1 aliphatic heterocycles. The maximum atomic E-state index is 12.7. The van der Waals surface area contributed by atoms with Gasteiger partial charge >= 0.3 is 0 Å². The minimum absolute atomic E-state index is 0.0690. The molecule has 0 saturated carbocycles. The van der Waals surface area contributed by atoms with Crippen LogP contribution in [0.2, 0.25) is 0 Å². The Bertz CT molecular complexity index is 676. The molecule has 2 heterocycles. The number of rotatable bonds is 5. The fraction of sp³-hybridized carbons (Fsp3) is 0.444. The lowest BCUT2D eigenvalue weighted by atomic mass is 10.0. The average molecular weight is 329 g/mol. The van der Waals surface area contributed by atoms with E-state index in [1.165, 1.54) is 24.2 Å². The minimum atomic E-state index is 0.0690. The summed E-state index contributed by atoms with van der Waals surface area (Å²) in [7, 11) is 0. The molecule has 1 unspecified atom stereocenters. The first-order chi connectivity index (χ1) is 11.2. The second-order valence-electron chi connectivity index (χ2n) is 5.90. The van der Waals surface area contributed by atoms with Gasteiger partial charge in [-0.25, -0.2) is 4.98 Å². The molecule has 5 heteroatoms. The quantitative estimate of drug-likeness (QED) is 0.851. The van der Waals surface area contributed by atoms with Crippen LogP contribution in [0, 0.1) is 6.92 Å². The van der Waals surface area contributed by atoms with Crippen molar-refractivity contribution in [3.05, 3.63) is 46.5 Å². The van der Waals surface area contributed by atoms with Crippen molar-refractivity contribution < 1.29 is 4.79 Å². The first kappa shape index (κ1) is 16.1. The van der Waals surface area contributed by atoms with E-state index in [0.29, 0.717) is 11.0 Å². The van der Waals surface area contributed by atoms with Crippen molar-refractivity contribution in [1.82, 2.24) is 10.3 Å². The highest BCUT2D eigenvalue weighted by atomic mass is 32.1. The van der Waals surface area contributed by atoms with Gasteiger partial charge < -0.3 is 4.90 Å². The number of piperidine rings is 1. The molecule has 1 aromatic carbocycles. The Morgan fingerprint density at radius 1 is 1.39 bits per heavy atom. The highest BCUT2D eigenvalue weighted by Gasteiger charge is 2.23. The summed E-state index contributed by atoms with van der Waals surface area (Å²) < 4.78 is 0. The Labute approximate surface area is 141 Å². The topological polar surface area (TPSA) is 45.2 Å². The highest BCUT2D eigenvalue weighted by Crippen LogP contribution is 2.28. The van der Waals surface area contributed by atoms with Crippen molar-refractivity contribution in [2.45, 2.75) is 39.3 Å². The van der Waals surface area contributed by atoms with Gasteiger partial charge in [-0.3, -0.25) is 10.1 Å². The zero-order valence-corrected chi connectivity index (χ0v) is 14.5. The molecule has 4 nitrogen and oxygen atoms in total. The Hall–Kier alpha value is -1.72. The van der Waals surface area contributed by atoms with Gasteiger partial charge in [-0.2, -0.15) is 0 Å². The van der Waals surface area contributed by atoms with E-state index in [2.05, 4.69) is 22.1 Å². The molecule has 1 fully saturated rings. The summed E-state index contributed by atoms with van der Waals surface area (Å²) in [4.78, 5) is 20.2. The third kappa shape index (κ3) is 3.46. The monoisotopic (exact) mass is 329 g/mol. The van der Waals surface area contributed by atoms with Gasteiger partial charge in [0.2, 0.25) is 5.78 Å². The van der Waals surface area contributed by atoms with E-state index in [-0.39, 0.29) is 5.78 Å². The van der Waals surface area contributed by atoms with Gasteiger partial charge in [0.15, 0.2) is 5.13 Å². The van der Waals surface area contributed by atoms with Crippen molar-refractivity contribution in [1.29, 1.82) is 0 Å². The van der Waals surface area contributed by atoms with Gasteiger partial charge in [0, 0.05) is 12.1 Å². The molecule has 1 aliphatic rings. The Morgan fingerprint density at radius 2 is 2.22 bits per heavy atom. The number of benzene rings is 1. The van der Waals surface area contributed by atoms with Crippen LogP contribution in [-0.2, 0) is 0 Å². The van der Waals surface area contributed by atoms with E-state index in [1.54, 1.807) is 6.20 Å². The Balaban J connectivity index is 1.81. The molecule has 0 bridgehead atoms. The van der Waals surface area contributed by atoms with Gasteiger partial charge in [0.1, 0.15) is 0 Å². The van der Waals surface area contributed by atoms with Crippen LogP contribution in [0.3, 0.4) is 0 Å². The maximum absolute atomic E-state index is 12.7. The van der Waals surface area contributed by atoms with E-state index < -0.39 is 0 Å². The van der Waals surface area contributed by atoms with Gasteiger partial charge in [-0.1, -0.05) is 35.6 Å². The van der Waals surface area contributed by atoms with Crippen LogP contribution in [0.15, 0.2) is 30.5 Å². The van der Waals surface area contributed by atoms with E-state index in [1.807, 2.05) is 31.2 Å². The number of thiazole rings is 1. The van der Waals surface area contributed by atoms with Gasteiger partial charge in [-0.15, -0.1) is 0 Å². The standard InChI is InChI=1S/C18H23N3OS/c1-3-21(16-10-6-7-11-19-16)18-20-12-15(23-18)17(22)14-9-5-4-8-13(14)2/h4-5,8-9,12,16,19H,3,6-7,10-11H2,1-2H3. The number of aromatic nitrogens is 1. The molecule has 0 aliphatic carbocycles. The van der Waals surface area contributed by atoms with E-state index in [0.717, 1.165) is 35.8 Å². The number of nitrogens with one attached hydrogen (secondary N) is 1. The molecule has 1 atom stereocenters. The van der Waals surface area contributed by atoms with Crippen LogP contribution >= 0.6 is 11.3 Å². The smallest absolute Gasteiger partial charge is 0.204 e. The summed E-state index contributed by atoms with van der Waals surface area (Å²) in [6, 6.07) is 7.72. The lowest BCUT2D eigenvalue weighted by molar-refractivity contribution is 0.104. The second-order valence-corrected chi connectivity index (χ2v) is 6.91. The number of aryl methyl sites for hydroxylation is 1. The second kappa shape index (κ2) is 7.23. The van der Waals surface area contributed by atoms with Crippen LogP contribution in [-0.4, -0.2) is 30.0 Å². The predicted octanol–water partition coefficient (Wildman–Crippen LogP) is 3.61. The van der Waals surface area contributed by atoms with Crippen molar-refractivity contribution in [3.63, 3.8) is 0 Å². The predicted molar refractivity (Wildman–Crippen MR) is 95.4 cm³/mol. The third-order valence-corrected chi connectivity index (χ3v) is 5.39. The van der Waals surface area contributed by atoms with Crippen molar-refractivity contribution in [2.75, 3.05) is 18.0 Å². The number of hydrogen-bond donors (Lipinski definition) is 1. The van der Waals surface area contributed by atoms with Gasteiger partial charge in [0.05, 0.1) is 17.2 Å². The largest absolute Gasteiger partial charge is 0.333 e. The highest BCUT2D eigenvalue weighted by molar-refractivity contribution is 7.17. The van der Waals surface area contributed by atoms with Crippen LogP contribution < -0.4 is 10.2 Å². The number of anilines is 1. The number of hydrogen-bond acceptors (Lipinski definition) is 5. The maximum Gasteiger partial charge on any atom is 0.204 e. The molecule has 23 heavy (non-hydrogen) atoms. The molecular weight excluding hydrogens is 306 g/mol. The lowest BCUT2D eigenvalue weighted by Gasteiger charge is -2.34. The van der Waals surface area contributed by atoms with Crippen LogP contribution in [0.25, 0.3) is 0 Å². The molecule has 1 saturated heterocycles. The zero-order chi connectivity index (χ0) is 16.2. The van der Waals surface area contributed by atoms with Crippen molar-refractivity contribution >= 4 is 22.3 Å². The SMILES string of the molecule is CCN(c1ncc(C(=O)c2ccccc2C)s1)C1CCCCN1. The average Bonchev–Trinajstić information content (AvgIpc) is 3.06. The number of nitrogens with zero attached hydrogens (tertiary/aromatic N) is 2. The first-order valence-corrected chi connectivity index (χ1v) is 9.08. The number of carbonyl (C=O) groups is 1.